The van der Waals surface area contributed by atoms with Crippen molar-refractivity contribution in [3.63, 3.8) is 0 Å². The summed E-state index contributed by atoms with van der Waals surface area (Å²) in [5.41, 5.74) is 0. The van der Waals surface area contributed by atoms with Gasteiger partial charge >= 0.3 is 0 Å². The molecule has 7 heteroatoms. The lowest BCUT2D eigenvalue weighted by atomic mass is 9.98. The fraction of sp³-hybridized carbons (Fsp3) is 0.750. The Hall–Kier alpha value is -0.920. The molecule has 2 heterocycles. The number of aromatic nitrogens is 2. The molecule has 1 aromatic rings. The van der Waals surface area contributed by atoms with Crippen molar-refractivity contribution in [2.24, 2.45) is 5.92 Å². The largest absolute Gasteiger partial charge is 0.317 e. The number of nitrogens with zero attached hydrogens (tertiary/aromatic N) is 2. The molecule has 0 aromatic carbocycles. The Labute approximate surface area is 114 Å². The summed E-state index contributed by atoms with van der Waals surface area (Å²) >= 11 is 0. The minimum Gasteiger partial charge on any atom is -0.317 e. The van der Waals surface area contributed by atoms with E-state index in [0.29, 0.717) is 12.5 Å². The van der Waals surface area contributed by atoms with Gasteiger partial charge in [0.25, 0.3) is 0 Å². The number of H-pyrrole nitrogens is 1. The first kappa shape index (κ1) is 14.5. The lowest BCUT2D eigenvalue weighted by molar-refractivity contribution is 0.261. The van der Waals surface area contributed by atoms with Gasteiger partial charge in [-0.25, -0.2) is 8.42 Å². The molecule has 0 unspecified atom stereocenters. The first-order valence-electron chi connectivity index (χ1n) is 6.73. The van der Waals surface area contributed by atoms with Gasteiger partial charge < -0.3 is 5.32 Å². The number of hydrogen-bond acceptors (Lipinski definition) is 4. The molecule has 0 amide bonds. The second-order valence-corrected chi connectivity index (χ2v) is 7.19. The highest BCUT2D eigenvalue weighted by atomic mass is 32.2. The minimum absolute atomic E-state index is 0.0465. The van der Waals surface area contributed by atoms with Crippen LogP contribution in [-0.2, 0) is 10.0 Å². The lowest BCUT2D eigenvalue weighted by Crippen LogP contribution is -2.42. The van der Waals surface area contributed by atoms with Crippen LogP contribution in [0.2, 0.25) is 0 Å². The molecule has 0 radical (unpaired) electrons. The normalized spacial score (nSPS) is 18.3. The fourth-order valence-corrected chi connectivity index (χ4v) is 4.04. The molecule has 0 bridgehead atoms. The van der Waals surface area contributed by atoms with Crippen LogP contribution in [0.5, 0.6) is 0 Å². The molecule has 0 aliphatic carbocycles. The molecule has 19 heavy (non-hydrogen) atoms. The maximum absolute atomic E-state index is 12.6. The predicted octanol–water partition coefficient (Wildman–Crippen LogP) is 0.808. The highest BCUT2D eigenvalue weighted by Crippen LogP contribution is 2.22. The van der Waals surface area contributed by atoms with Crippen molar-refractivity contribution in [1.29, 1.82) is 0 Å². The molecule has 1 aliphatic heterocycles. The molecular formula is C12H22N4O2S. The summed E-state index contributed by atoms with van der Waals surface area (Å²) in [6, 6.07) is -0.0465. The number of sulfonamides is 1. The predicted molar refractivity (Wildman–Crippen MR) is 73.2 cm³/mol. The van der Waals surface area contributed by atoms with Gasteiger partial charge in [0.1, 0.15) is 4.90 Å². The van der Waals surface area contributed by atoms with Gasteiger partial charge in [-0.2, -0.15) is 9.40 Å². The van der Waals surface area contributed by atoms with Gasteiger partial charge in [-0.05, 0) is 45.7 Å². The van der Waals surface area contributed by atoms with Gasteiger partial charge in [0.05, 0.1) is 6.20 Å². The third-order valence-corrected chi connectivity index (χ3v) is 5.56. The topological polar surface area (TPSA) is 78.1 Å². The molecule has 0 spiro atoms. The number of rotatable bonds is 5. The summed E-state index contributed by atoms with van der Waals surface area (Å²) in [7, 11) is -3.44. The van der Waals surface area contributed by atoms with Gasteiger partial charge in [-0.3, -0.25) is 5.10 Å². The van der Waals surface area contributed by atoms with E-state index in [0.717, 1.165) is 25.9 Å². The van der Waals surface area contributed by atoms with Crippen molar-refractivity contribution in [2.75, 3.05) is 19.6 Å². The Morgan fingerprint density at radius 2 is 2.11 bits per heavy atom. The molecule has 1 fully saturated rings. The molecule has 108 valence electrons. The third kappa shape index (κ3) is 3.34. The van der Waals surface area contributed by atoms with E-state index >= 15 is 0 Å². The lowest BCUT2D eigenvalue weighted by Gasteiger charge is -2.31. The Bertz CT molecular complexity index is 478. The molecule has 0 atom stereocenters. The average molecular weight is 286 g/mol. The molecule has 0 saturated carbocycles. The summed E-state index contributed by atoms with van der Waals surface area (Å²) in [6.07, 6.45) is 4.87. The van der Waals surface area contributed by atoms with Crippen molar-refractivity contribution in [3.8, 4) is 0 Å². The Balaban J connectivity index is 2.15. The quantitative estimate of drug-likeness (QED) is 0.839. The zero-order valence-corrected chi connectivity index (χ0v) is 12.3. The maximum Gasteiger partial charge on any atom is 0.246 e. The van der Waals surface area contributed by atoms with E-state index in [4.69, 9.17) is 0 Å². The number of piperidine rings is 1. The van der Waals surface area contributed by atoms with Gasteiger partial charge in [0, 0.05) is 18.8 Å². The van der Waals surface area contributed by atoms with Crippen molar-refractivity contribution < 1.29 is 8.42 Å². The SMILES string of the molecule is CC(C)N(CC1CCNCC1)S(=O)(=O)c1cn[nH]c1. The molecule has 1 aromatic heterocycles. The fourth-order valence-electron chi connectivity index (χ4n) is 2.42. The van der Waals surface area contributed by atoms with E-state index in [2.05, 4.69) is 15.5 Å². The van der Waals surface area contributed by atoms with Crippen molar-refractivity contribution in [2.45, 2.75) is 37.6 Å². The Kier molecular flexibility index (Phi) is 4.59. The molecule has 6 nitrogen and oxygen atoms in total. The van der Waals surface area contributed by atoms with Crippen LogP contribution >= 0.6 is 0 Å². The standard InChI is InChI=1S/C12H22N4O2S/c1-10(2)16(9-11-3-5-13-6-4-11)19(17,18)12-7-14-15-8-12/h7-8,10-11,13H,3-6,9H2,1-2H3,(H,14,15). The van der Waals surface area contributed by atoms with E-state index in [1.165, 1.54) is 12.4 Å². The summed E-state index contributed by atoms with van der Waals surface area (Å²) in [5, 5.41) is 9.60. The average Bonchev–Trinajstić information content (AvgIpc) is 2.91. The number of aromatic amines is 1. The van der Waals surface area contributed by atoms with E-state index in [1.807, 2.05) is 13.8 Å². The first-order valence-corrected chi connectivity index (χ1v) is 8.17. The van der Waals surface area contributed by atoms with E-state index in [1.54, 1.807) is 4.31 Å². The second kappa shape index (κ2) is 6.02. The van der Waals surface area contributed by atoms with Gasteiger partial charge in [0.15, 0.2) is 0 Å². The van der Waals surface area contributed by atoms with Crippen LogP contribution in [0.3, 0.4) is 0 Å². The second-order valence-electron chi connectivity index (χ2n) is 5.30. The summed E-state index contributed by atoms with van der Waals surface area (Å²) in [6.45, 7) is 6.37. The molecule has 1 aliphatic rings. The minimum atomic E-state index is -3.44. The van der Waals surface area contributed by atoms with Gasteiger partial charge in [0.2, 0.25) is 10.0 Å². The van der Waals surface area contributed by atoms with Crippen LogP contribution in [0.15, 0.2) is 17.3 Å². The molecule has 2 rings (SSSR count). The van der Waals surface area contributed by atoms with E-state index in [-0.39, 0.29) is 10.9 Å². The zero-order chi connectivity index (χ0) is 13.9. The highest BCUT2D eigenvalue weighted by Gasteiger charge is 2.30. The van der Waals surface area contributed by atoms with Gasteiger partial charge in [-0.15, -0.1) is 0 Å². The summed E-state index contributed by atoms with van der Waals surface area (Å²) < 4.78 is 26.7. The number of nitrogens with one attached hydrogen (secondary N) is 2. The maximum atomic E-state index is 12.6. The van der Waals surface area contributed by atoms with Crippen LogP contribution < -0.4 is 5.32 Å². The van der Waals surface area contributed by atoms with Crippen molar-refractivity contribution in [3.05, 3.63) is 12.4 Å². The van der Waals surface area contributed by atoms with Crippen molar-refractivity contribution in [1.82, 2.24) is 19.8 Å². The molecule has 1 saturated heterocycles. The van der Waals surface area contributed by atoms with E-state index < -0.39 is 10.0 Å². The first-order chi connectivity index (χ1) is 9.01. The highest BCUT2D eigenvalue weighted by molar-refractivity contribution is 7.89. The van der Waals surface area contributed by atoms with Crippen LogP contribution in [-0.4, -0.2) is 48.6 Å². The van der Waals surface area contributed by atoms with Crippen LogP contribution in [0.25, 0.3) is 0 Å². The van der Waals surface area contributed by atoms with Gasteiger partial charge in [-0.1, -0.05) is 0 Å². The Morgan fingerprint density at radius 3 is 2.63 bits per heavy atom. The monoisotopic (exact) mass is 286 g/mol. The summed E-state index contributed by atoms with van der Waals surface area (Å²) in [4.78, 5) is 0.245. The van der Waals surface area contributed by atoms with Crippen LogP contribution in [0, 0.1) is 5.92 Å². The smallest absolute Gasteiger partial charge is 0.246 e. The third-order valence-electron chi connectivity index (χ3n) is 3.55. The zero-order valence-electron chi connectivity index (χ0n) is 11.5. The Morgan fingerprint density at radius 1 is 1.42 bits per heavy atom. The number of hydrogen-bond donors (Lipinski definition) is 2. The summed E-state index contributed by atoms with van der Waals surface area (Å²) in [5.74, 6) is 0.435. The van der Waals surface area contributed by atoms with Crippen LogP contribution in [0.1, 0.15) is 26.7 Å². The molecular weight excluding hydrogens is 264 g/mol. The van der Waals surface area contributed by atoms with Crippen LogP contribution in [0.4, 0.5) is 0 Å². The van der Waals surface area contributed by atoms with E-state index in [9.17, 15) is 8.42 Å². The molecule has 2 N–H and O–H groups in total. The van der Waals surface area contributed by atoms with Crippen molar-refractivity contribution >= 4 is 10.0 Å².